The molecule has 0 spiro atoms. The lowest BCUT2D eigenvalue weighted by molar-refractivity contribution is 0.280. The van der Waals surface area contributed by atoms with Gasteiger partial charge in [-0.1, -0.05) is 23.2 Å². The first-order chi connectivity index (χ1) is 11.1. The van der Waals surface area contributed by atoms with Crippen LogP contribution in [-0.4, -0.2) is 26.3 Å². The zero-order valence-electron chi connectivity index (χ0n) is 11.9. The molecule has 8 heteroatoms. The van der Waals surface area contributed by atoms with Crippen molar-refractivity contribution >= 4 is 50.5 Å². The second-order valence-corrected chi connectivity index (χ2v) is 6.70. The highest BCUT2D eigenvalue weighted by Gasteiger charge is 2.16. The van der Waals surface area contributed by atoms with E-state index in [0.717, 1.165) is 15.6 Å². The van der Waals surface area contributed by atoms with Crippen molar-refractivity contribution in [2.24, 2.45) is 0 Å². The lowest BCUT2D eigenvalue weighted by Crippen LogP contribution is -2.14. The molecule has 5 nitrogen and oxygen atoms in total. The maximum atomic E-state index is 9.39. The normalized spacial score (nSPS) is 12.5. The summed E-state index contributed by atoms with van der Waals surface area (Å²) in [5, 5.41) is 18.1. The van der Waals surface area contributed by atoms with Gasteiger partial charge in [-0.05, 0) is 46.1 Å². The van der Waals surface area contributed by atoms with Crippen molar-refractivity contribution in [1.29, 1.82) is 0 Å². The van der Waals surface area contributed by atoms with E-state index in [1.165, 1.54) is 0 Å². The summed E-state index contributed by atoms with van der Waals surface area (Å²) in [6.45, 7) is 0.0192. The van der Waals surface area contributed by atoms with Gasteiger partial charge in [-0.15, -0.1) is 0 Å². The highest BCUT2D eigenvalue weighted by molar-refractivity contribution is 9.10. The van der Waals surface area contributed by atoms with Crippen LogP contribution in [0.3, 0.4) is 0 Å². The van der Waals surface area contributed by atoms with E-state index in [-0.39, 0.29) is 12.6 Å². The zero-order valence-corrected chi connectivity index (χ0v) is 15.0. The fraction of sp³-hybridized carbons (Fsp3) is 0.200. The molecule has 2 aromatic heterocycles. The van der Waals surface area contributed by atoms with Crippen molar-refractivity contribution in [3.05, 3.63) is 56.9 Å². The van der Waals surface area contributed by atoms with Gasteiger partial charge in [-0.3, -0.25) is 0 Å². The Morgan fingerprint density at radius 1 is 1.26 bits per heavy atom. The van der Waals surface area contributed by atoms with Crippen LogP contribution in [0.2, 0.25) is 10.0 Å². The third-order valence-corrected chi connectivity index (χ3v) is 4.42. The van der Waals surface area contributed by atoms with Crippen molar-refractivity contribution < 1.29 is 5.11 Å². The van der Waals surface area contributed by atoms with Crippen molar-refractivity contribution in [2.45, 2.75) is 12.5 Å². The second-order valence-electron chi connectivity index (χ2n) is 4.97. The minimum absolute atomic E-state index is 0.0192. The number of nitrogens with one attached hydrogen (secondary N) is 1. The minimum Gasteiger partial charge on any atom is -0.396 e. The van der Waals surface area contributed by atoms with Gasteiger partial charge in [0.25, 0.3) is 0 Å². The number of hydrogen-bond donors (Lipinski definition) is 2. The summed E-state index contributed by atoms with van der Waals surface area (Å²) in [6, 6.07) is 5.14. The first kappa shape index (κ1) is 16.5. The molecule has 120 valence electrons. The Kier molecular flexibility index (Phi) is 5.06. The lowest BCUT2D eigenvalue weighted by Gasteiger charge is -2.20. The first-order valence-corrected chi connectivity index (χ1v) is 8.44. The van der Waals surface area contributed by atoms with Crippen molar-refractivity contribution in [1.82, 2.24) is 14.6 Å². The highest BCUT2D eigenvalue weighted by Crippen LogP contribution is 2.30. The van der Waals surface area contributed by atoms with Crippen LogP contribution in [0, 0.1) is 0 Å². The first-order valence-electron chi connectivity index (χ1n) is 6.89. The SMILES string of the molecule is OCCC(Nc1nccn2ncc(Br)c12)c1cc(Cl)cc(Cl)c1. The molecular formula is C15H13BrCl2N4O. The van der Waals surface area contributed by atoms with Crippen LogP contribution >= 0.6 is 39.1 Å². The van der Waals surface area contributed by atoms with Crippen LogP contribution in [0.15, 0.2) is 41.3 Å². The number of aromatic nitrogens is 3. The number of rotatable bonds is 5. The van der Waals surface area contributed by atoms with E-state index in [1.54, 1.807) is 29.2 Å². The Morgan fingerprint density at radius 2 is 2.00 bits per heavy atom. The molecule has 23 heavy (non-hydrogen) atoms. The molecule has 2 N–H and O–H groups in total. The van der Waals surface area contributed by atoms with Gasteiger partial charge in [0.2, 0.25) is 0 Å². The minimum atomic E-state index is -0.184. The largest absolute Gasteiger partial charge is 0.396 e. The molecule has 0 aliphatic heterocycles. The molecule has 0 fully saturated rings. The molecular weight excluding hydrogens is 403 g/mol. The second kappa shape index (κ2) is 7.05. The molecule has 3 rings (SSSR count). The Bertz CT molecular complexity index is 819. The molecule has 3 aromatic rings. The Hall–Kier alpha value is -1.34. The van der Waals surface area contributed by atoms with Crippen LogP contribution in [0.25, 0.3) is 5.52 Å². The molecule has 0 saturated carbocycles. The molecule has 0 aliphatic carbocycles. The summed E-state index contributed by atoms with van der Waals surface area (Å²) in [7, 11) is 0. The number of aliphatic hydroxyl groups is 1. The predicted molar refractivity (Wildman–Crippen MR) is 95.2 cm³/mol. The Labute approximate surface area is 151 Å². The molecule has 2 heterocycles. The summed E-state index contributed by atoms with van der Waals surface area (Å²) in [5.41, 5.74) is 1.71. The van der Waals surface area contributed by atoms with Gasteiger partial charge >= 0.3 is 0 Å². The van der Waals surface area contributed by atoms with Crippen molar-refractivity contribution in [3.8, 4) is 0 Å². The Balaban J connectivity index is 2.00. The zero-order chi connectivity index (χ0) is 16.4. The maximum absolute atomic E-state index is 9.39. The summed E-state index contributed by atoms with van der Waals surface area (Å²) in [4.78, 5) is 4.38. The number of halogens is 3. The van der Waals surface area contributed by atoms with Crippen molar-refractivity contribution in [2.75, 3.05) is 11.9 Å². The molecule has 0 bridgehead atoms. The van der Waals surface area contributed by atoms with Crippen molar-refractivity contribution in [3.63, 3.8) is 0 Å². The van der Waals surface area contributed by atoms with E-state index in [1.807, 2.05) is 12.1 Å². The summed E-state index contributed by atoms with van der Waals surface area (Å²) in [6.07, 6.45) is 5.63. The van der Waals surface area contributed by atoms with Crippen LogP contribution in [0.5, 0.6) is 0 Å². The topological polar surface area (TPSA) is 62.5 Å². The molecule has 0 aliphatic rings. The summed E-state index contributed by atoms with van der Waals surface area (Å²) < 4.78 is 2.56. The molecule has 0 amide bonds. The number of aliphatic hydroxyl groups excluding tert-OH is 1. The number of anilines is 1. The van der Waals surface area contributed by atoms with Crippen LogP contribution in [0.1, 0.15) is 18.0 Å². The van der Waals surface area contributed by atoms with Gasteiger partial charge in [0.05, 0.1) is 16.7 Å². The molecule has 0 radical (unpaired) electrons. The summed E-state index contributed by atoms with van der Waals surface area (Å²) in [5.74, 6) is 0.659. The molecule has 1 atom stereocenters. The average molecular weight is 416 g/mol. The molecule has 1 aromatic carbocycles. The highest BCUT2D eigenvalue weighted by atomic mass is 79.9. The summed E-state index contributed by atoms with van der Waals surface area (Å²) >= 11 is 15.6. The van der Waals surface area contributed by atoms with E-state index < -0.39 is 0 Å². The standard InChI is InChI=1S/C15H13BrCl2N4O/c16-12-8-20-22-3-2-19-15(14(12)22)21-13(1-4-23)9-5-10(17)7-11(18)6-9/h2-3,5-8,13,23H,1,4H2,(H,19,21). The number of benzene rings is 1. The predicted octanol–water partition coefficient (Wildman–Crippen LogP) is 4.33. The van der Waals surface area contributed by atoms with E-state index in [9.17, 15) is 5.11 Å². The fourth-order valence-corrected chi connectivity index (χ4v) is 3.41. The van der Waals surface area contributed by atoms with E-state index in [0.29, 0.717) is 22.3 Å². The van der Waals surface area contributed by atoms with Crippen LogP contribution in [0.4, 0.5) is 5.82 Å². The lowest BCUT2D eigenvalue weighted by atomic mass is 10.0. The Morgan fingerprint density at radius 3 is 2.70 bits per heavy atom. The number of fused-ring (bicyclic) bond motifs is 1. The van der Waals surface area contributed by atoms with Gasteiger partial charge < -0.3 is 10.4 Å². The fourth-order valence-electron chi connectivity index (χ4n) is 2.41. The number of nitrogens with zero attached hydrogens (tertiary/aromatic N) is 3. The van der Waals surface area contributed by atoms with Crippen LogP contribution < -0.4 is 5.32 Å². The van der Waals surface area contributed by atoms with Gasteiger partial charge in [-0.25, -0.2) is 9.50 Å². The smallest absolute Gasteiger partial charge is 0.153 e. The van der Waals surface area contributed by atoms with Gasteiger partial charge in [0.15, 0.2) is 5.82 Å². The van der Waals surface area contributed by atoms with E-state index >= 15 is 0 Å². The monoisotopic (exact) mass is 414 g/mol. The number of hydrogen-bond acceptors (Lipinski definition) is 4. The van der Waals surface area contributed by atoms with Gasteiger partial charge in [-0.2, -0.15) is 5.10 Å². The van der Waals surface area contributed by atoms with Crippen LogP contribution in [-0.2, 0) is 0 Å². The maximum Gasteiger partial charge on any atom is 0.153 e. The molecule has 1 unspecified atom stereocenters. The molecule has 0 saturated heterocycles. The van der Waals surface area contributed by atoms with E-state index in [2.05, 4.69) is 31.3 Å². The quantitative estimate of drug-likeness (QED) is 0.650. The van der Waals surface area contributed by atoms with Gasteiger partial charge in [0.1, 0.15) is 5.52 Å². The third kappa shape index (κ3) is 3.61. The third-order valence-electron chi connectivity index (χ3n) is 3.40. The van der Waals surface area contributed by atoms with E-state index in [4.69, 9.17) is 23.2 Å². The average Bonchev–Trinajstić information content (AvgIpc) is 2.88. The van der Waals surface area contributed by atoms with Gasteiger partial charge in [0, 0.05) is 29.0 Å².